The van der Waals surface area contributed by atoms with E-state index in [1.54, 1.807) is 0 Å². The smallest absolute Gasteiger partial charge is 0.341 e. The van der Waals surface area contributed by atoms with Crippen molar-refractivity contribution in [1.29, 1.82) is 0 Å². The fraction of sp³-hybridized carbons (Fsp3) is 0.333. The van der Waals surface area contributed by atoms with Crippen molar-refractivity contribution in [3.8, 4) is 5.75 Å². The second-order valence-corrected chi connectivity index (χ2v) is 4.57. The molecule has 1 N–H and O–H groups in total. The fourth-order valence-corrected chi connectivity index (χ4v) is 1.59. The summed E-state index contributed by atoms with van der Waals surface area (Å²) in [4.78, 5) is 22.9. The first-order valence-corrected chi connectivity index (χ1v) is 6.02. The Morgan fingerprint density at radius 1 is 1.47 bits per heavy atom. The van der Waals surface area contributed by atoms with E-state index < -0.39 is 5.97 Å². The van der Waals surface area contributed by atoms with Crippen molar-refractivity contribution in [1.82, 2.24) is 0 Å². The normalized spacial score (nSPS) is 11.9. The van der Waals surface area contributed by atoms with Crippen molar-refractivity contribution >= 4 is 27.7 Å². The van der Waals surface area contributed by atoms with Crippen molar-refractivity contribution in [3.05, 3.63) is 29.3 Å². The van der Waals surface area contributed by atoms with Crippen molar-refractivity contribution in [2.24, 2.45) is 0 Å². The molecule has 0 amide bonds. The largest absolute Gasteiger partial charge is 0.507 e. The summed E-state index contributed by atoms with van der Waals surface area (Å²) in [7, 11) is 1.22. The molecule has 0 spiro atoms. The Kier molecular flexibility index (Phi) is 4.69. The average molecular weight is 301 g/mol. The highest BCUT2D eigenvalue weighted by atomic mass is 79.9. The first-order valence-electron chi connectivity index (χ1n) is 5.10. The van der Waals surface area contributed by atoms with Gasteiger partial charge in [-0.1, -0.05) is 22.9 Å². The lowest BCUT2D eigenvalue weighted by Gasteiger charge is -2.08. The van der Waals surface area contributed by atoms with Gasteiger partial charge in [-0.05, 0) is 24.6 Å². The third-order valence-corrected chi connectivity index (χ3v) is 3.39. The number of hydrogen-bond acceptors (Lipinski definition) is 4. The van der Waals surface area contributed by atoms with Crippen LogP contribution < -0.4 is 0 Å². The van der Waals surface area contributed by atoms with Gasteiger partial charge in [-0.2, -0.15) is 0 Å². The van der Waals surface area contributed by atoms with Crippen LogP contribution in [0.15, 0.2) is 18.2 Å². The van der Waals surface area contributed by atoms with E-state index in [2.05, 4.69) is 20.7 Å². The third kappa shape index (κ3) is 3.06. The molecule has 1 aromatic carbocycles. The number of halogens is 1. The average Bonchev–Trinajstić information content (AvgIpc) is 2.36. The Hall–Kier alpha value is -1.36. The summed E-state index contributed by atoms with van der Waals surface area (Å²) >= 11 is 3.25. The maximum Gasteiger partial charge on any atom is 0.341 e. The van der Waals surface area contributed by atoms with Crippen molar-refractivity contribution < 1.29 is 19.4 Å². The number of alkyl halides is 1. The monoisotopic (exact) mass is 300 g/mol. The number of phenols is 1. The Morgan fingerprint density at radius 3 is 2.65 bits per heavy atom. The number of benzene rings is 1. The van der Waals surface area contributed by atoms with Crippen LogP contribution in [0.5, 0.6) is 5.75 Å². The van der Waals surface area contributed by atoms with Crippen LogP contribution in [0.2, 0.25) is 0 Å². The predicted octanol–water partition coefficient (Wildman–Crippen LogP) is 2.54. The lowest BCUT2D eigenvalue weighted by molar-refractivity contribution is 0.0597. The number of ketones is 1. The number of rotatable bonds is 4. The van der Waals surface area contributed by atoms with Gasteiger partial charge in [0.15, 0.2) is 5.78 Å². The van der Waals surface area contributed by atoms with Gasteiger partial charge >= 0.3 is 5.97 Å². The van der Waals surface area contributed by atoms with E-state index in [1.165, 1.54) is 25.3 Å². The lowest BCUT2D eigenvalue weighted by atomic mass is 10.0. The number of carbonyl (C=O) groups excluding carboxylic acids is 2. The van der Waals surface area contributed by atoms with Crippen molar-refractivity contribution in [2.75, 3.05) is 7.11 Å². The van der Waals surface area contributed by atoms with Crippen LogP contribution in [0.3, 0.4) is 0 Å². The van der Waals surface area contributed by atoms with E-state index in [1.807, 2.05) is 6.92 Å². The highest BCUT2D eigenvalue weighted by molar-refractivity contribution is 9.10. The van der Waals surface area contributed by atoms with Crippen molar-refractivity contribution in [2.45, 2.75) is 18.2 Å². The summed E-state index contributed by atoms with van der Waals surface area (Å²) in [6, 6.07) is 4.14. The molecule has 92 valence electrons. The number of aromatic hydroxyl groups is 1. The molecule has 0 aliphatic heterocycles. The predicted molar refractivity (Wildman–Crippen MR) is 66.8 cm³/mol. The van der Waals surface area contributed by atoms with Gasteiger partial charge in [0.2, 0.25) is 0 Å². The molecule has 4 nitrogen and oxygen atoms in total. The molecule has 0 saturated heterocycles. The molecule has 0 radical (unpaired) electrons. The molecule has 0 aliphatic rings. The second-order valence-electron chi connectivity index (χ2n) is 3.46. The maximum atomic E-state index is 11.9. The van der Waals surface area contributed by atoms with Gasteiger partial charge in [0.1, 0.15) is 11.3 Å². The van der Waals surface area contributed by atoms with Gasteiger partial charge in [-0.3, -0.25) is 4.79 Å². The number of methoxy groups -OCH3 is 1. The number of esters is 1. The number of carbonyl (C=O) groups is 2. The molecule has 0 aliphatic carbocycles. The van der Waals surface area contributed by atoms with E-state index in [0.29, 0.717) is 12.0 Å². The van der Waals surface area contributed by atoms with Crippen molar-refractivity contribution in [3.63, 3.8) is 0 Å². The number of Topliss-reactive ketones (excluding diaryl/α,β-unsaturated/α-hetero) is 1. The first kappa shape index (κ1) is 13.7. The van der Waals surface area contributed by atoms with E-state index in [9.17, 15) is 14.7 Å². The van der Waals surface area contributed by atoms with Crippen LogP contribution in [0.25, 0.3) is 0 Å². The minimum absolute atomic E-state index is 0.00541. The van der Waals surface area contributed by atoms with Gasteiger partial charge in [-0.15, -0.1) is 0 Å². The van der Waals surface area contributed by atoms with Crippen LogP contribution in [-0.4, -0.2) is 28.8 Å². The van der Waals surface area contributed by atoms with Gasteiger partial charge in [0.05, 0.1) is 11.9 Å². The molecule has 17 heavy (non-hydrogen) atoms. The van der Waals surface area contributed by atoms with Crippen LogP contribution in [0.4, 0.5) is 0 Å². The Morgan fingerprint density at radius 2 is 2.12 bits per heavy atom. The summed E-state index contributed by atoms with van der Waals surface area (Å²) in [5.41, 5.74) is 0.362. The molecule has 0 heterocycles. The molecule has 1 rings (SSSR count). The molecule has 1 aromatic rings. The number of ether oxygens (including phenoxy) is 1. The number of phenolic OH excluding ortho intramolecular Hbond substituents is 1. The molecule has 1 atom stereocenters. The van der Waals surface area contributed by atoms with E-state index >= 15 is 0 Å². The third-order valence-electron chi connectivity index (χ3n) is 2.33. The molecule has 0 saturated carbocycles. The van der Waals surface area contributed by atoms with E-state index in [-0.39, 0.29) is 21.9 Å². The van der Waals surface area contributed by atoms with E-state index in [4.69, 9.17) is 0 Å². The van der Waals surface area contributed by atoms with Crippen LogP contribution in [0.1, 0.15) is 34.1 Å². The van der Waals surface area contributed by atoms with Gasteiger partial charge < -0.3 is 9.84 Å². The molecular formula is C12H13BrO4. The zero-order chi connectivity index (χ0) is 13.0. The summed E-state index contributed by atoms with van der Waals surface area (Å²) in [6.45, 7) is 1.87. The molecule has 1 unspecified atom stereocenters. The fourth-order valence-electron chi connectivity index (χ4n) is 1.33. The standard InChI is InChI=1S/C12H13BrO4/c1-3-9(13)11(15)7-4-5-10(14)8(6-7)12(16)17-2/h4-6,9,14H,3H2,1-2H3. The Labute approximate surface area is 108 Å². The zero-order valence-corrected chi connectivity index (χ0v) is 11.2. The van der Waals surface area contributed by atoms with Gasteiger partial charge in [-0.25, -0.2) is 4.79 Å². The summed E-state index contributed by atoms with van der Waals surface area (Å²) in [6.07, 6.45) is 0.646. The quantitative estimate of drug-likeness (QED) is 0.527. The number of hydrogen-bond donors (Lipinski definition) is 1. The summed E-state index contributed by atoms with van der Waals surface area (Å²) in [5, 5.41) is 9.49. The zero-order valence-electron chi connectivity index (χ0n) is 9.57. The molecule has 0 aromatic heterocycles. The highest BCUT2D eigenvalue weighted by Crippen LogP contribution is 2.22. The molecule has 0 fully saturated rings. The summed E-state index contributed by atoms with van der Waals surface area (Å²) < 4.78 is 4.52. The van der Waals surface area contributed by atoms with Gasteiger partial charge in [0, 0.05) is 5.56 Å². The SMILES string of the molecule is CCC(Br)C(=O)c1ccc(O)c(C(=O)OC)c1. The second kappa shape index (κ2) is 5.82. The molecule has 0 bridgehead atoms. The topological polar surface area (TPSA) is 63.6 Å². The highest BCUT2D eigenvalue weighted by Gasteiger charge is 2.19. The first-order chi connectivity index (χ1) is 8.01. The van der Waals surface area contributed by atoms with Crippen LogP contribution in [-0.2, 0) is 4.74 Å². The summed E-state index contributed by atoms with van der Waals surface area (Å²) in [5.74, 6) is -0.992. The molecule has 5 heteroatoms. The lowest BCUT2D eigenvalue weighted by Crippen LogP contribution is -2.14. The molecular weight excluding hydrogens is 288 g/mol. The van der Waals surface area contributed by atoms with E-state index in [0.717, 1.165) is 0 Å². The maximum absolute atomic E-state index is 11.9. The van der Waals surface area contributed by atoms with Crippen LogP contribution >= 0.6 is 15.9 Å². The Balaban J connectivity index is 3.12. The minimum atomic E-state index is -0.667. The minimum Gasteiger partial charge on any atom is -0.507 e. The van der Waals surface area contributed by atoms with Crippen LogP contribution in [0, 0.1) is 0 Å². The van der Waals surface area contributed by atoms with Gasteiger partial charge in [0.25, 0.3) is 0 Å². The Bertz CT molecular complexity index is 442.